The Hall–Kier alpha value is -3.44. The third kappa shape index (κ3) is 4.22. The van der Waals surface area contributed by atoms with Crippen LogP contribution in [-0.2, 0) is 27.4 Å². The molecule has 1 fully saturated rings. The van der Waals surface area contributed by atoms with E-state index in [0.29, 0.717) is 11.6 Å². The van der Waals surface area contributed by atoms with Crippen LogP contribution in [0, 0.1) is 5.82 Å². The van der Waals surface area contributed by atoms with Crippen LogP contribution in [0.25, 0.3) is 5.70 Å². The van der Waals surface area contributed by atoms with Gasteiger partial charge in [-0.25, -0.2) is 8.78 Å². The molecule has 6 nitrogen and oxygen atoms in total. The van der Waals surface area contributed by atoms with Crippen molar-refractivity contribution in [2.24, 2.45) is 0 Å². The van der Waals surface area contributed by atoms with E-state index in [0.717, 1.165) is 18.2 Å². The fourth-order valence-corrected chi connectivity index (χ4v) is 4.47. The van der Waals surface area contributed by atoms with E-state index in [-0.39, 0.29) is 41.8 Å². The van der Waals surface area contributed by atoms with Crippen molar-refractivity contribution >= 4 is 23.2 Å². The first-order chi connectivity index (χ1) is 17.0. The summed E-state index contributed by atoms with van der Waals surface area (Å²) in [6.45, 7) is -0.290. The molecule has 2 aliphatic rings. The first-order valence-corrected chi connectivity index (χ1v) is 11.1. The molecule has 12 heteroatoms. The number of amides is 1. The van der Waals surface area contributed by atoms with Crippen molar-refractivity contribution in [1.82, 2.24) is 20.2 Å². The van der Waals surface area contributed by atoms with Crippen molar-refractivity contribution in [1.29, 1.82) is 0 Å². The van der Waals surface area contributed by atoms with Crippen molar-refractivity contribution in [3.8, 4) is 0 Å². The van der Waals surface area contributed by atoms with Gasteiger partial charge in [0.25, 0.3) is 0 Å². The van der Waals surface area contributed by atoms with Crippen molar-refractivity contribution in [2.75, 3.05) is 13.1 Å². The van der Waals surface area contributed by atoms with Gasteiger partial charge in [-0.3, -0.25) is 19.8 Å². The number of alkyl halides is 4. The predicted molar refractivity (Wildman–Crippen MR) is 119 cm³/mol. The number of hydrogen-bond donors (Lipinski definition) is 1. The molecular formula is C24H18ClF5N4O2. The standard InChI is InChI=1S/C24H18ClF5N4O2/c25-18-8-17(9-19(26)10-18)23(24(28,29)30)11-20(32-36-23)15-2-4-16(5-3-15)22(27)13-33(14-22)21(35)12-34-7-1-6-31-34/h1-11,32H,12-14H2. The minimum Gasteiger partial charge on any atom is -0.334 e. The zero-order chi connectivity index (χ0) is 25.7. The number of rotatable bonds is 5. The van der Waals surface area contributed by atoms with Crippen molar-refractivity contribution in [2.45, 2.75) is 24.0 Å². The maximum absolute atomic E-state index is 15.3. The summed E-state index contributed by atoms with van der Waals surface area (Å²) in [7, 11) is 0. The number of nitrogens with one attached hydrogen (secondary N) is 1. The molecule has 1 atom stereocenters. The number of halogens is 6. The van der Waals surface area contributed by atoms with Gasteiger partial charge in [-0.1, -0.05) is 35.9 Å². The van der Waals surface area contributed by atoms with E-state index >= 15 is 4.39 Å². The second-order valence-corrected chi connectivity index (χ2v) is 9.09. The van der Waals surface area contributed by atoms with E-state index < -0.39 is 28.8 Å². The molecule has 188 valence electrons. The van der Waals surface area contributed by atoms with E-state index in [1.54, 1.807) is 12.3 Å². The summed E-state index contributed by atoms with van der Waals surface area (Å²) in [6.07, 6.45) is -0.988. The highest BCUT2D eigenvalue weighted by atomic mass is 35.5. The topological polar surface area (TPSA) is 59.4 Å². The van der Waals surface area contributed by atoms with Gasteiger partial charge in [-0.2, -0.15) is 18.3 Å². The summed E-state index contributed by atoms with van der Waals surface area (Å²) in [4.78, 5) is 18.6. The highest BCUT2D eigenvalue weighted by molar-refractivity contribution is 6.30. The summed E-state index contributed by atoms with van der Waals surface area (Å²) < 4.78 is 72.9. The zero-order valence-corrected chi connectivity index (χ0v) is 19.2. The van der Waals surface area contributed by atoms with Crippen LogP contribution in [-0.4, -0.2) is 39.9 Å². The lowest BCUT2D eigenvalue weighted by Crippen LogP contribution is -2.59. The Morgan fingerprint density at radius 3 is 2.47 bits per heavy atom. The second kappa shape index (κ2) is 8.59. The van der Waals surface area contributed by atoms with Crippen LogP contribution >= 0.6 is 11.6 Å². The minimum atomic E-state index is -4.94. The molecule has 5 rings (SSSR count). The van der Waals surface area contributed by atoms with Gasteiger partial charge in [0.1, 0.15) is 12.4 Å². The Morgan fingerprint density at radius 1 is 1.14 bits per heavy atom. The van der Waals surface area contributed by atoms with Crippen LogP contribution in [0.3, 0.4) is 0 Å². The lowest BCUT2D eigenvalue weighted by Gasteiger charge is -2.44. The Bertz CT molecular complexity index is 1300. The van der Waals surface area contributed by atoms with Crippen LogP contribution in [0.4, 0.5) is 22.0 Å². The van der Waals surface area contributed by atoms with E-state index in [2.05, 4.69) is 10.6 Å². The maximum Gasteiger partial charge on any atom is 0.428 e. The number of hydroxylamine groups is 1. The summed E-state index contributed by atoms with van der Waals surface area (Å²) in [6, 6.07) is 10.0. The number of aromatic nitrogens is 2. The molecule has 0 radical (unpaired) electrons. The number of benzene rings is 2. The molecule has 2 aromatic carbocycles. The first-order valence-electron chi connectivity index (χ1n) is 10.7. The highest BCUT2D eigenvalue weighted by Crippen LogP contribution is 2.48. The maximum atomic E-state index is 15.3. The molecule has 0 aliphatic carbocycles. The van der Waals surface area contributed by atoms with Gasteiger partial charge in [-0.05, 0) is 41.5 Å². The van der Waals surface area contributed by atoms with Crippen LogP contribution in [0.2, 0.25) is 5.02 Å². The number of carbonyl (C=O) groups is 1. The molecule has 0 bridgehead atoms. The molecular weight excluding hydrogens is 507 g/mol. The quantitative estimate of drug-likeness (QED) is 0.491. The molecule has 1 amide bonds. The molecule has 3 heterocycles. The molecule has 1 unspecified atom stereocenters. The van der Waals surface area contributed by atoms with Gasteiger partial charge < -0.3 is 4.90 Å². The van der Waals surface area contributed by atoms with Gasteiger partial charge in [0.15, 0.2) is 5.67 Å². The van der Waals surface area contributed by atoms with Crippen LogP contribution in [0.1, 0.15) is 16.7 Å². The molecule has 1 aromatic heterocycles. The molecule has 1 N–H and O–H groups in total. The van der Waals surface area contributed by atoms with E-state index in [1.807, 2.05) is 0 Å². The second-order valence-electron chi connectivity index (χ2n) is 8.65. The fraction of sp³-hybridized carbons (Fsp3) is 0.250. The number of carbonyl (C=O) groups excluding carboxylic acids is 1. The summed E-state index contributed by atoms with van der Waals surface area (Å²) in [5.41, 5.74) is -2.48. The monoisotopic (exact) mass is 524 g/mol. The Kier molecular flexibility index (Phi) is 5.79. The molecule has 3 aromatic rings. The van der Waals surface area contributed by atoms with Crippen molar-refractivity contribution < 1.29 is 31.6 Å². The van der Waals surface area contributed by atoms with Crippen LogP contribution in [0.15, 0.2) is 67.0 Å². The third-order valence-electron chi connectivity index (χ3n) is 6.19. The average molecular weight is 525 g/mol. The van der Waals surface area contributed by atoms with Crippen LogP contribution in [0.5, 0.6) is 0 Å². The average Bonchev–Trinajstić information content (AvgIpc) is 3.47. The molecule has 2 aliphatic heterocycles. The SMILES string of the molecule is O=C(Cn1cccn1)N1CC(F)(c2ccc(C3=CC(c4cc(F)cc(Cl)c4)(C(F)(F)F)ON3)cc2)C1. The largest absolute Gasteiger partial charge is 0.428 e. The van der Waals surface area contributed by atoms with Gasteiger partial charge in [0.2, 0.25) is 11.5 Å². The summed E-state index contributed by atoms with van der Waals surface area (Å²) in [5.74, 6) is -1.22. The van der Waals surface area contributed by atoms with E-state index in [4.69, 9.17) is 16.4 Å². The van der Waals surface area contributed by atoms with Gasteiger partial charge >= 0.3 is 6.18 Å². The molecule has 1 saturated heterocycles. The summed E-state index contributed by atoms with van der Waals surface area (Å²) in [5, 5.41) is 3.74. The zero-order valence-electron chi connectivity index (χ0n) is 18.4. The molecule has 36 heavy (non-hydrogen) atoms. The Balaban J connectivity index is 1.34. The van der Waals surface area contributed by atoms with Gasteiger partial charge in [0.05, 0.1) is 18.8 Å². The smallest absolute Gasteiger partial charge is 0.334 e. The molecule has 0 spiro atoms. The minimum absolute atomic E-state index is 0.000671. The normalized spacial score (nSPS) is 21.1. The first kappa shape index (κ1) is 24.3. The Morgan fingerprint density at radius 2 is 1.86 bits per heavy atom. The predicted octanol–water partition coefficient (Wildman–Crippen LogP) is 4.72. The Labute approximate surface area is 206 Å². The third-order valence-corrected chi connectivity index (χ3v) is 6.41. The molecule has 0 saturated carbocycles. The van der Waals surface area contributed by atoms with Gasteiger partial charge in [0, 0.05) is 23.0 Å². The van der Waals surface area contributed by atoms with E-state index in [9.17, 15) is 22.4 Å². The van der Waals surface area contributed by atoms with E-state index in [1.165, 1.54) is 40.0 Å². The number of nitrogens with zero attached hydrogens (tertiary/aromatic N) is 3. The van der Waals surface area contributed by atoms with Crippen molar-refractivity contribution in [3.63, 3.8) is 0 Å². The lowest BCUT2D eigenvalue weighted by molar-refractivity contribution is -0.269. The fourth-order valence-electron chi connectivity index (χ4n) is 4.25. The van der Waals surface area contributed by atoms with Gasteiger partial charge in [-0.15, -0.1) is 0 Å². The number of hydrogen-bond acceptors (Lipinski definition) is 4. The lowest BCUT2D eigenvalue weighted by atomic mass is 9.87. The summed E-state index contributed by atoms with van der Waals surface area (Å²) >= 11 is 5.77. The van der Waals surface area contributed by atoms with Crippen LogP contribution < -0.4 is 5.48 Å². The highest BCUT2D eigenvalue weighted by Gasteiger charge is 2.59. The van der Waals surface area contributed by atoms with Crippen molar-refractivity contribution in [3.05, 3.63) is 94.5 Å². The number of likely N-dealkylation sites (tertiary alicyclic amines) is 1.